The fourth-order valence-corrected chi connectivity index (χ4v) is 2.34. The molecule has 2 N–H and O–H groups in total. The van der Waals surface area contributed by atoms with E-state index in [0.717, 1.165) is 5.69 Å². The lowest BCUT2D eigenvalue weighted by atomic mass is 10.0. The number of nitrogens with zero attached hydrogens (tertiary/aromatic N) is 2. The number of carbonyl (C=O) groups excluding carboxylic acids is 1. The zero-order valence-corrected chi connectivity index (χ0v) is 13.8. The Bertz CT molecular complexity index is 738. The van der Waals surface area contributed by atoms with Crippen LogP contribution in [0.2, 0.25) is 0 Å². The zero-order valence-electron chi connectivity index (χ0n) is 13.8. The maximum absolute atomic E-state index is 13.1. The molecule has 1 atom stereocenters. The molecule has 1 heterocycles. The lowest BCUT2D eigenvalue weighted by Gasteiger charge is -2.17. The average Bonchev–Trinajstić information content (AvgIpc) is 2.89. The highest BCUT2D eigenvalue weighted by Crippen LogP contribution is 2.19. The summed E-state index contributed by atoms with van der Waals surface area (Å²) in [6.07, 6.45) is -0.299. The first-order valence-corrected chi connectivity index (χ1v) is 7.60. The molecule has 6 nitrogen and oxygen atoms in total. The summed E-state index contributed by atoms with van der Waals surface area (Å²) in [5.74, 6) is -1.73. The predicted molar refractivity (Wildman–Crippen MR) is 86.2 cm³/mol. The third-order valence-electron chi connectivity index (χ3n) is 3.68. The van der Waals surface area contributed by atoms with Crippen molar-refractivity contribution in [1.82, 2.24) is 15.1 Å². The van der Waals surface area contributed by atoms with Crippen molar-refractivity contribution in [2.45, 2.75) is 32.2 Å². The summed E-state index contributed by atoms with van der Waals surface area (Å²) >= 11 is 0. The summed E-state index contributed by atoms with van der Waals surface area (Å²) < 4.78 is 14.5. The molecule has 2 aromatic rings. The predicted octanol–water partition coefficient (Wildman–Crippen LogP) is 2.63. The number of carboxylic acid groups (broad SMARTS) is 1. The molecule has 0 fully saturated rings. The topological polar surface area (TPSA) is 84.2 Å². The van der Waals surface area contributed by atoms with Crippen molar-refractivity contribution in [2.75, 3.05) is 0 Å². The number of aryl methyl sites for hydroxylation is 1. The summed E-state index contributed by atoms with van der Waals surface area (Å²) in [6.45, 7) is 3.94. The molecule has 0 aliphatic rings. The number of rotatable bonds is 6. The molecule has 0 saturated heterocycles. The van der Waals surface area contributed by atoms with Crippen LogP contribution in [0.1, 0.15) is 54.0 Å². The van der Waals surface area contributed by atoms with Gasteiger partial charge in [0.25, 0.3) is 5.91 Å². The van der Waals surface area contributed by atoms with Crippen molar-refractivity contribution >= 4 is 11.9 Å². The Morgan fingerprint density at radius 3 is 2.42 bits per heavy atom. The highest BCUT2D eigenvalue weighted by Gasteiger charge is 2.21. The van der Waals surface area contributed by atoms with Crippen LogP contribution in [0, 0.1) is 5.82 Å². The Morgan fingerprint density at radius 2 is 1.92 bits per heavy atom. The third-order valence-corrected chi connectivity index (χ3v) is 3.68. The number of nitrogens with one attached hydrogen (secondary N) is 1. The van der Waals surface area contributed by atoms with Gasteiger partial charge in [-0.25, -0.2) is 4.39 Å². The van der Waals surface area contributed by atoms with Crippen molar-refractivity contribution < 1.29 is 19.1 Å². The second-order valence-corrected chi connectivity index (χ2v) is 5.91. The molecule has 0 radical (unpaired) electrons. The quantitative estimate of drug-likeness (QED) is 0.851. The molecule has 1 amide bonds. The molecule has 0 aliphatic heterocycles. The fourth-order valence-electron chi connectivity index (χ4n) is 2.34. The van der Waals surface area contributed by atoms with Gasteiger partial charge in [-0.05, 0) is 29.7 Å². The second kappa shape index (κ2) is 7.25. The van der Waals surface area contributed by atoms with Crippen molar-refractivity contribution in [3.05, 3.63) is 53.1 Å². The maximum atomic E-state index is 13.1. The lowest BCUT2D eigenvalue weighted by Crippen LogP contribution is -2.31. The van der Waals surface area contributed by atoms with Crippen LogP contribution in [0.25, 0.3) is 0 Å². The minimum Gasteiger partial charge on any atom is -0.481 e. The van der Waals surface area contributed by atoms with Crippen molar-refractivity contribution in [3.63, 3.8) is 0 Å². The Labute approximate surface area is 139 Å². The van der Waals surface area contributed by atoms with Gasteiger partial charge >= 0.3 is 5.97 Å². The average molecular weight is 333 g/mol. The van der Waals surface area contributed by atoms with Gasteiger partial charge in [0.2, 0.25) is 0 Å². The van der Waals surface area contributed by atoms with Gasteiger partial charge in [0.15, 0.2) is 0 Å². The molecule has 0 bridgehead atoms. The minimum absolute atomic E-state index is 0.171. The number of halogens is 1. The molecule has 1 unspecified atom stereocenters. The molecule has 128 valence electrons. The molecule has 2 rings (SSSR count). The molecule has 0 saturated carbocycles. The summed E-state index contributed by atoms with van der Waals surface area (Å²) in [6, 6.07) is 6.32. The number of benzene rings is 1. The van der Waals surface area contributed by atoms with E-state index in [4.69, 9.17) is 5.11 Å². The van der Waals surface area contributed by atoms with E-state index in [1.54, 1.807) is 13.1 Å². The van der Waals surface area contributed by atoms with Crippen LogP contribution >= 0.6 is 0 Å². The van der Waals surface area contributed by atoms with Gasteiger partial charge in [-0.2, -0.15) is 5.10 Å². The van der Waals surface area contributed by atoms with Crippen molar-refractivity contribution in [1.29, 1.82) is 0 Å². The first-order valence-electron chi connectivity index (χ1n) is 7.60. The van der Waals surface area contributed by atoms with E-state index >= 15 is 0 Å². The Morgan fingerprint density at radius 1 is 1.29 bits per heavy atom. The molecule has 0 spiro atoms. The number of aliphatic carboxylic acids is 1. The highest BCUT2D eigenvalue weighted by molar-refractivity contribution is 5.93. The van der Waals surface area contributed by atoms with Gasteiger partial charge in [0.1, 0.15) is 11.5 Å². The molecule has 1 aromatic heterocycles. The Hall–Kier alpha value is -2.70. The van der Waals surface area contributed by atoms with Crippen LogP contribution in [-0.4, -0.2) is 26.8 Å². The number of aromatic nitrogens is 2. The van der Waals surface area contributed by atoms with E-state index in [9.17, 15) is 14.0 Å². The molecular weight excluding hydrogens is 313 g/mol. The van der Waals surface area contributed by atoms with E-state index in [2.05, 4.69) is 10.4 Å². The van der Waals surface area contributed by atoms with Gasteiger partial charge in [0, 0.05) is 7.05 Å². The standard InChI is InChI=1S/C17H20FN3O3/c1-10(2)13-8-15(21(3)20-13)17(24)19-14(9-16(22)23)11-4-6-12(18)7-5-11/h4-8,10,14H,9H2,1-3H3,(H,19,24)(H,22,23). The second-order valence-electron chi connectivity index (χ2n) is 5.91. The summed E-state index contributed by atoms with van der Waals surface area (Å²) in [7, 11) is 1.66. The normalized spacial score (nSPS) is 12.2. The smallest absolute Gasteiger partial charge is 0.305 e. The molecule has 7 heteroatoms. The minimum atomic E-state index is -1.06. The van der Waals surface area contributed by atoms with Crippen LogP contribution in [0.15, 0.2) is 30.3 Å². The van der Waals surface area contributed by atoms with Crippen LogP contribution in [0.5, 0.6) is 0 Å². The lowest BCUT2D eigenvalue weighted by molar-refractivity contribution is -0.137. The van der Waals surface area contributed by atoms with E-state index in [1.807, 2.05) is 13.8 Å². The van der Waals surface area contributed by atoms with Crippen LogP contribution < -0.4 is 5.32 Å². The first-order chi connectivity index (χ1) is 11.3. The number of hydrogen-bond acceptors (Lipinski definition) is 3. The SMILES string of the molecule is CC(C)c1cc(C(=O)NC(CC(=O)O)c2ccc(F)cc2)n(C)n1. The van der Waals surface area contributed by atoms with Crippen molar-refractivity contribution in [2.24, 2.45) is 7.05 Å². The van der Waals surface area contributed by atoms with Gasteiger partial charge in [-0.1, -0.05) is 26.0 Å². The van der Waals surface area contributed by atoms with Gasteiger partial charge in [0.05, 0.1) is 18.2 Å². The fraction of sp³-hybridized carbons (Fsp3) is 0.353. The van der Waals surface area contributed by atoms with E-state index in [0.29, 0.717) is 11.3 Å². The van der Waals surface area contributed by atoms with E-state index in [1.165, 1.54) is 28.9 Å². The van der Waals surface area contributed by atoms with Crippen LogP contribution in [-0.2, 0) is 11.8 Å². The zero-order chi connectivity index (χ0) is 17.9. The Kier molecular flexibility index (Phi) is 5.33. The summed E-state index contributed by atoms with van der Waals surface area (Å²) in [5.41, 5.74) is 1.65. The maximum Gasteiger partial charge on any atom is 0.305 e. The van der Waals surface area contributed by atoms with E-state index in [-0.39, 0.29) is 12.3 Å². The highest BCUT2D eigenvalue weighted by atomic mass is 19.1. The Balaban J connectivity index is 2.24. The summed E-state index contributed by atoms with van der Waals surface area (Å²) in [4.78, 5) is 23.6. The summed E-state index contributed by atoms with van der Waals surface area (Å²) in [5, 5.41) is 16.0. The van der Waals surface area contributed by atoms with E-state index < -0.39 is 23.7 Å². The number of hydrogen-bond donors (Lipinski definition) is 2. The molecule has 24 heavy (non-hydrogen) atoms. The number of amides is 1. The van der Waals surface area contributed by atoms with Gasteiger partial charge in [-0.15, -0.1) is 0 Å². The number of carboxylic acids is 1. The van der Waals surface area contributed by atoms with Gasteiger partial charge < -0.3 is 10.4 Å². The number of carbonyl (C=O) groups is 2. The van der Waals surface area contributed by atoms with Crippen LogP contribution in [0.4, 0.5) is 4.39 Å². The largest absolute Gasteiger partial charge is 0.481 e. The van der Waals surface area contributed by atoms with Crippen molar-refractivity contribution in [3.8, 4) is 0 Å². The van der Waals surface area contributed by atoms with Crippen LogP contribution in [0.3, 0.4) is 0 Å². The monoisotopic (exact) mass is 333 g/mol. The molecular formula is C17H20FN3O3. The molecule has 0 aliphatic carbocycles. The third kappa shape index (κ3) is 4.18. The van der Waals surface area contributed by atoms with Gasteiger partial charge in [-0.3, -0.25) is 14.3 Å². The molecule has 1 aromatic carbocycles. The first kappa shape index (κ1) is 17.7.